The lowest BCUT2D eigenvalue weighted by molar-refractivity contribution is -0.111. The number of ether oxygens (including phenoxy) is 1. The molecule has 1 unspecified atom stereocenters. The van der Waals surface area contributed by atoms with Crippen molar-refractivity contribution in [3.63, 3.8) is 0 Å². The van der Waals surface area contributed by atoms with Crippen molar-refractivity contribution in [2.45, 2.75) is 38.8 Å². The first-order chi connectivity index (χ1) is 15.9. The highest BCUT2D eigenvalue weighted by Crippen LogP contribution is 2.38. The molecule has 0 aliphatic heterocycles. The first kappa shape index (κ1) is 22.8. The maximum atomic E-state index is 12.3. The first-order valence-corrected chi connectivity index (χ1v) is 12.1. The number of carbonyl (C=O) groups is 2. The molecular weight excluding hydrogens is 458 g/mol. The van der Waals surface area contributed by atoms with Gasteiger partial charge in [0.05, 0.1) is 23.5 Å². The summed E-state index contributed by atoms with van der Waals surface area (Å²) >= 11 is 2.92. The van der Waals surface area contributed by atoms with Gasteiger partial charge in [-0.3, -0.25) is 9.48 Å². The number of alkyl carbamates (subject to hydrolysis) is 1. The standard InChI is InChI=1S/C23H23N5O3S2/c1-14-10-15(28(2)27-14)13-25-23(30)31-16-5-7-18-19(12-24)22(33-20(18)11-16)26-21(29)8-6-17-4-3-9-32-17/h3-4,6,8-10,16H,5,7,11,13H2,1-2H3,(H,25,30)(H,26,29). The topological polar surface area (TPSA) is 109 Å². The Morgan fingerprint density at radius 3 is 3.00 bits per heavy atom. The van der Waals surface area contributed by atoms with Crippen molar-refractivity contribution in [1.29, 1.82) is 5.26 Å². The van der Waals surface area contributed by atoms with E-state index in [0.29, 0.717) is 36.4 Å². The molecule has 170 valence electrons. The SMILES string of the molecule is Cc1cc(CNC(=O)OC2CCc3c(sc(NC(=O)C=Cc4cccs4)c3C#N)C2)n(C)n1. The van der Waals surface area contributed by atoms with Gasteiger partial charge in [0.2, 0.25) is 5.91 Å². The number of hydrogen-bond acceptors (Lipinski definition) is 7. The van der Waals surface area contributed by atoms with Gasteiger partial charge in [0, 0.05) is 29.3 Å². The number of thiophene rings is 2. The van der Waals surface area contributed by atoms with E-state index in [4.69, 9.17) is 4.74 Å². The van der Waals surface area contributed by atoms with Crippen LogP contribution in [0.5, 0.6) is 0 Å². The van der Waals surface area contributed by atoms with Crippen LogP contribution < -0.4 is 10.6 Å². The van der Waals surface area contributed by atoms with Crippen LogP contribution in [-0.4, -0.2) is 27.9 Å². The van der Waals surface area contributed by atoms with Gasteiger partial charge in [-0.05, 0) is 48.9 Å². The molecular formula is C23H23N5O3S2. The van der Waals surface area contributed by atoms with Gasteiger partial charge in [-0.15, -0.1) is 22.7 Å². The van der Waals surface area contributed by atoms with Gasteiger partial charge in [0.15, 0.2) is 0 Å². The predicted octanol–water partition coefficient (Wildman–Crippen LogP) is 4.16. The Labute approximate surface area is 199 Å². The third-order valence-corrected chi connectivity index (χ3v) is 7.30. The van der Waals surface area contributed by atoms with E-state index in [1.807, 2.05) is 37.6 Å². The van der Waals surface area contributed by atoms with Crippen LogP contribution in [0.15, 0.2) is 29.7 Å². The number of nitriles is 1. The van der Waals surface area contributed by atoms with Gasteiger partial charge >= 0.3 is 6.09 Å². The van der Waals surface area contributed by atoms with E-state index in [-0.39, 0.29) is 12.0 Å². The van der Waals surface area contributed by atoms with Crippen LogP contribution >= 0.6 is 22.7 Å². The number of aromatic nitrogens is 2. The van der Waals surface area contributed by atoms with Crippen LogP contribution in [0.25, 0.3) is 6.08 Å². The molecule has 3 aromatic heterocycles. The molecule has 3 aromatic rings. The van der Waals surface area contributed by atoms with Crippen molar-refractivity contribution in [2.24, 2.45) is 7.05 Å². The maximum Gasteiger partial charge on any atom is 0.407 e. The summed E-state index contributed by atoms with van der Waals surface area (Å²) in [5, 5.41) is 22.0. The second kappa shape index (κ2) is 10.0. The molecule has 10 heteroatoms. The van der Waals surface area contributed by atoms with Crippen molar-refractivity contribution < 1.29 is 14.3 Å². The van der Waals surface area contributed by atoms with E-state index in [9.17, 15) is 14.9 Å². The maximum absolute atomic E-state index is 12.3. The van der Waals surface area contributed by atoms with Crippen molar-refractivity contribution in [3.05, 3.63) is 61.9 Å². The van der Waals surface area contributed by atoms with E-state index in [1.54, 1.807) is 22.1 Å². The number of carbonyl (C=O) groups excluding carboxylic acids is 2. The summed E-state index contributed by atoms with van der Waals surface area (Å²) in [6.07, 6.45) is 4.22. The summed E-state index contributed by atoms with van der Waals surface area (Å²) in [6.45, 7) is 2.23. The first-order valence-electron chi connectivity index (χ1n) is 10.4. The normalized spacial score (nSPS) is 15.1. The number of nitrogens with zero attached hydrogens (tertiary/aromatic N) is 3. The van der Waals surface area contributed by atoms with E-state index >= 15 is 0 Å². The van der Waals surface area contributed by atoms with Gasteiger partial charge in [-0.2, -0.15) is 10.4 Å². The second-order valence-corrected chi connectivity index (χ2v) is 9.77. The zero-order chi connectivity index (χ0) is 23.4. The molecule has 0 saturated carbocycles. The van der Waals surface area contributed by atoms with E-state index in [2.05, 4.69) is 21.8 Å². The monoisotopic (exact) mass is 481 g/mol. The summed E-state index contributed by atoms with van der Waals surface area (Å²) in [4.78, 5) is 26.6. The number of anilines is 1. The highest BCUT2D eigenvalue weighted by molar-refractivity contribution is 7.16. The third-order valence-electron chi connectivity index (χ3n) is 5.30. The van der Waals surface area contributed by atoms with Crippen LogP contribution in [-0.2, 0) is 36.0 Å². The minimum absolute atomic E-state index is 0.279. The largest absolute Gasteiger partial charge is 0.446 e. The molecule has 1 atom stereocenters. The summed E-state index contributed by atoms with van der Waals surface area (Å²) in [6, 6.07) is 7.98. The predicted molar refractivity (Wildman–Crippen MR) is 128 cm³/mol. The van der Waals surface area contributed by atoms with E-state index < -0.39 is 6.09 Å². The van der Waals surface area contributed by atoms with Crippen molar-refractivity contribution in [1.82, 2.24) is 15.1 Å². The molecule has 3 heterocycles. The summed E-state index contributed by atoms with van der Waals surface area (Å²) in [7, 11) is 1.83. The zero-order valence-electron chi connectivity index (χ0n) is 18.3. The minimum atomic E-state index is -0.480. The lowest BCUT2D eigenvalue weighted by Gasteiger charge is -2.22. The number of hydrogen-bond donors (Lipinski definition) is 2. The summed E-state index contributed by atoms with van der Waals surface area (Å²) in [5.41, 5.74) is 3.21. The summed E-state index contributed by atoms with van der Waals surface area (Å²) < 4.78 is 7.33. The fourth-order valence-corrected chi connectivity index (χ4v) is 5.63. The summed E-state index contributed by atoms with van der Waals surface area (Å²) in [5.74, 6) is -0.281. The fourth-order valence-electron chi connectivity index (χ4n) is 3.75. The molecule has 0 radical (unpaired) electrons. The molecule has 4 rings (SSSR count). The Morgan fingerprint density at radius 1 is 1.45 bits per heavy atom. The van der Waals surface area contributed by atoms with Crippen LogP contribution in [0, 0.1) is 18.3 Å². The second-order valence-electron chi connectivity index (χ2n) is 7.68. The Balaban J connectivity index is 1.36. The Hall–Kier alpha value is -3.42. The van der Waals surface area contributed by atoms with Crippen molar-refractivity contribution in [3.8, 4) is 6.07 Å². The molecule has 0 saturated heterocycles. The zero-order valence-corrected chi connectivity index (χ0v) is 19.9. The number of fused-ring (bicyclic) bond motifs is 1. The molecule has 0 spiro atoms. The molecule has 0 bridgehead atoms. The van der Waals surface area contributed by atoms with Gasteiger partial charge in [-0.1, -0.05) is 6.07 Å². The molecule has 8 nitrogen and oxygen atoms in total. The molecule has 1 aliphatic rings. The van der Waals surface area contributed by atoms with Crippen molar-refractivity contribution >= 4 is 45.8 Å². The molecule has 2 amide bonds. The fraction of sp³-hybridized carbons (Fsp3) is 0.304. The average Bonchev–Trinajstić information content (AvgIpc) is 3.49. The van der Waals surface area contributed by atoms with Gasteiger partial charge in [-0.25, -0.2) is 4.79 Å². The van der Waals surface area contributed by atoms with Crippen molar-refractivity contribution in [2.75, 3.05) is 5.32 Å². The lowest BCUT2D eigenvalue weighted by Crippen LogP contribution is -2.32. The molecule has 0 fully saturated rings. The number of rotatable bonds is 6. The minimum Gasteiger partial charge on any atom is -0.446 e. The lowest BCUT2D eigenvalue weighted by atomic mass is 9.94. The average molecular weight is 482 g/mol. The van der Waals surface area contributed by atoms with Crippen LogP contribution in [0.4, 0.5) is 9.80 Å². The smallest absolute Gasteiger partial charge is 0.407 e. The van der Waals surface area contributed by atoms with Crippen LogP contribution in [0.2, 0.25) is 0 Å². The Bertz CT molecular complexity index is 1230. The van der Waals surface area contributed by atoms with Gasteiger partial charge < -0.3 is 15.4 Å². The van der Waals surface area contributed by atoms with Crippen LogP contribution in [0.1, 0.15) is 38.7 Å². The van der Waals surface area contributed by atoms with E-state index in [1.165, 1.54) is 17.4 Å². The number of nitrogens with one attached hydrogen (secondary N) is 2. The Kier molecular flexibility index (Phi) is 6.91. The number of amides is 2. The quantitative estimate of drug-likeness (QED) is 0.514. The van der Waals surface area contributed by atoms with Gasteiger partial charge in [0.25, 0.3) is 0 Å². The highest BCUT2D eigenvalue weighted by Gasteiger charge is 2.28. The van der Waals surface area contributed by atoms with Gasteiger partial charge in [0.1, 0.15) is 17.2 Å². The van der Waals surface area contributed by atoms with E-state index in [0.717, 1.165) is 26.7 Å². The molecule has 1 aliphatic carbocycles. The third kappa shape index (κ3) is 5.50. The molecule has 2 N–H and O–H groups in total. The van der Waals surface area contributed by atoms with Crippen LogP contribution in [0.3, 0.4) is 0 Å². The molecule has 0 aromatic carbocycles. The molecule has 33 heavy (non-hydrogen) atoms. The number of aryl methyl sites for hydroxylation is 2. The highest BCUT2D eigenvalue weighted by atomic mass is 32.1. The Morgan fingerprint density at radius 2 is 2.30 bits per heavy atom.